The van der Waals surface area contributed by atoms with E-state index in [9.17, 15) is 13.6 Å². The lowest BCUT2D eigenvalue weighted by molar-refractivity contribution is 0.0229. The molecule has 0 unspecified atom stereocenters. The fourth-order valence-corrected chi connectivity index (χ4v) is 4.66. The lowest BCUT2D eigenvalue weighted by atomic mass is 10.2. The number of fused-ring (bicyclic) bond motifs is 1. The summed E-state index contributed by atoms with van der Waals surface area (Å²) in [6, 6.07) is 13.8. The number of hydrogen-bond donors (Lipinski definition) is 0. The van der Waals surface area contributed by atoms with Crippen LogP contribution < -0.4 is 0 Å². The van der Waals surface area contributed by atoms with Crippen LogP contribution in [0.25, 0.3) is 11.0 Å². The van der Waals surface area contributed by atoms with Crippen LogP contribution in [0, 0.1) is 0 Å². The number of carbonyl (C=O) groups is 1. The van der Waals surface area contributed by atoms with E-state index in [4.69, 9.17) is 9.47 Å². The number of ether oxygens (including phenoxy) is 2. The third-order valence-corrected chi connectivity index (χ3v) is 6.23. The van der Waals surface area contributed by atoms with E-state index in [1.165, 1.54) is 0 Å². The Balaban J connectivity index is 1.53. The quantitative estimate of drug-likeness (QED) is 0.358. The number of hydrogen-bond acceptors (Lipinski definition) is 5. The fourth-order valence-electron chi connectivity index (χ4n) is 3.55. The van der Waals surface area contributed by atoms with E-state index in [1.54, 1.807) is 55.1 Å². The van der Waals surface area contributed by atoms with Gasteiger partial charge in [0.25, 0.3) is 0 Å². The summed E-state index contributed by atoms with van der Waals surface area (Å²) in [5, 5.41) is 0. The van der Waals surface area contributed by atoms with Crippen molar-refractivity contribution in [3.63, 3.8) is 0 Å². The molecule has 1 aromatic heterocycles. The summed E-state index contributed by atoms with van der Waals surface area (Å²) in [7, 11) is 0. The molecule has 0 bridgehead atoms. The van der Waals surface area contributed by atoms with Gasteiger partial charge in [0.15, 0.2) is 11.9 Å². The molecule has 0 spiro atoms. The summed E-state index contributed by atoms with van der Waals surface area (Å²) < 4.78 is 39.4. The molecule has 2 atom stereocenters. The molecule has 4 rings (SSSR count). The topological polar surface area (TPSA) is 53.4 Å². The maximum absolute atomic E-state index is 13.7. The summed E-state index contributed by atoms with van der Waals surface area (Å²) in [5.74, 6) is 0.205. The number of rotatable bonds is 7. The molecule has 8 heteroatoms. The average Bonchev–Trinajstić information content (AvgIpc) is 3.40. The van der Waals surface area contributed by atoms with E-state index in [0.29, 0.717) is 16.6 Å². The number of para-hydroxylation sites is 2. The molecule has 2 aromatic carbocycles. The van der Waals surface area contributed by atoms with Crippen LogP contribution in [0.15, 0.2) is 53.4 Å². The molecule has 30 heavy (non-hydrogen) atoms. The normalized spacial score (nSPS) is 17.5. The first kappa shape index (κ1) is 20.8. The van der Waals surface area contributed by atoms with E-state index in [-0.39, 0.29) is 11.9 Å². The molecule has 5 nitrogen and oxygen atoms in total. The van der Waals surface area contributed by atoms with Crippen LogP contribution in [-0.4, -0.2) is 34.0 Å². The second kappa shape index (κ2) is 9.14. The zero-order chi connectivity index (χ0) is 21.1. The Bertz CT molecular complexity index is 1030. The minimum absolute atomic E-state index is 0.0176. The minimum atomic E-state index is -2.79. The Morgan fingerprint density at radius 2 is 2.03 bits per heavy atom. The summed E-state index contributed by atoms with van der Waals surface area (Å²) >= 11 is 1.54. The van der Waals surface area contributed by atoms with Crippen LogP contribution in [0.1, 0.15) is 48.6 Å². The minimum Gasteiger partial charge on any atom is -0.451 e. The van der Waals surface area contributed by atoms with Crippen LogP contribution in [0.2, 0.25) is 0 Å². The zero-order valence-corrected chi connectivity index (χ0v) is 17.3. The lowest BCUT2D eigenvalue weighted by Crippen LogP contribution is -2.15. The van der Waals surface area contributed by atoms with Gasteiger partial charge in [-0.25, -0.2) is 9.78 Å². The standard InChI is InChI=1S/C22H22F2N2O3S/c1-14(20-25-17-9-3-4-10-18(17)26(20)22(23)24)29-21(27)16-8-2-5-11-19(16)30-13-15-7-6-12-28-15/h2-5,8-11,14-15,22H,6-7,12-13H2,1H3/t14-,15+/m1/s1. The van der Waals surface area contributed by atoms with E-state index in [2.05, 4.69) is 4.98 Å². The van der Waals surface area contributed by atoms with Crippen LogP contribution >= 0.6 is 11.8 Å². The van der Waals surface area contributed by atoms with Crippen molar-refractivity contribution in [3.8, 4) is 0 Å². The van der Waals surface area contributed by atoms with Crippen LogP contribution in [0.4, 0.5) is 8.78 Å². The van der Waals surface area contributed by atoms with Gasteiger partial charge in [0.2, 0.25) is 0 Å². The Morgan fingerprint density at radius 3 is 2.80 bits per heavy atom. The van der Waals surface area contributed by atoms with Gasteiger partial charge in [-0.05, 0) is 44.0 Å². The van der Waals surface area contributed by atoms with Gasteiger partial charge in [0, 0.05) is 17.3 Å². The monoisotopic (exact) mass is 432 g/mol. The molecule has 0 amide bonds. The van der Waals surface area contributed by atoms with E-state index >= 15 is 0 Å². The van der Waals surface area contributed by atoms with Gasteiger partial charge in [-0.3, -0.25) is 4.57 Å². The van der Waals surface area contributed by atoms with Crippen LogP contribution in [-0.2, 0) is 9.47 Å². The molecule has 0 saturated carbocycles. The van der Waals surface area contributed by atoms with Crippen molar-refractivity contribution in [2.45, 2.75) is 43.4 Å². The Hall–Kier alpha value is -2.45. The Kier molecular flexibility index (Phi) is 6.34. The van der Waals surface area contributed by atoms with Crippen LogP contribution in [0.3, 0.4) is 0 Å². The zero-order valence-electron chi connectivity index (χ0n) is 16.5. The Morgan fingerprint density at radius 1 is 1.27 bits per heavy atom. The van der Waals surface area contributed by atoms with Gasteiger partial charge in [0.1, 0.15) is 0 Å². The Labute approximate surface area is 177 Å². The number of imidazole rings is 1. The highest BCUT2D eigenvalue weighted by atomic mass is 32.2. The fraction of sp³-hybridized carbons (Fsp3) is 0.364. The molecule has 1 fully saturated rings. The molecule has 0 N–H and O–H groups in total. The maximum Gasteiger partial charge on any atom is 0.339 e. The van der Waals surface area contributed by atoms with Crippen molar-refractivity contribution >= 4 is 28.8 Å². The molecule has 0 radical (unpaired) electrons. The predicted octanol–water partition coefficient (Wildman–Crippen LogP) is 5.62. The molecular formula is C22H22F2N2O3S. The smallest absolute Gasteiger partial charge is 0.339 e. The molecule has 2 heterocycles. The molecule has 1 saturated heterocycles. The van der Waals surface area contributed by atoms with Gasteiger partial charge in [-0.1, -0.05) is 24.3 Å². The van der Waals surface area contributed by atoms with Crippen molar-refractivity contribution in [1.29, 1.82) is 0 Å². The summed E-state index contributed by atoms with van der Waals surface area (Å²) in [4.78, 5) is 17.9. The van der Waals surface area contributed by atoms with Crippen molar-refractivity contribution in [3.05, 3.63) is 59.9 Å². The molecule has 3 aromatic rings. The number of halogens is 2. The third kappa shape index (κ3) is 4.34. The molecule has 158 valence electrons. The van der Waals surface area contributed by atoms with E-state index in [0.717, 1.165) is 34.7 Å². The second-order valence-electron chi connectivity index (χ2n) is 7.10. The van der Waals surface area contributed by atoms with Gasteiger partial charge in [-0.15, -0.1) is 11.8 Å². The van der Waals surface area contributed by atoms with Crippen molar-refractivity contribution in [2.75, 3.05) is 12.4 Å². The van der Waals surface area contributed by atoms with Gasteiger partial charge in [0.05, 0.1) is 22.7 Å². The van der Waals surface area contributed by atoms with Gasteiger partial charge >= 0.3 is 12.5 Å². The predicted molar refractivity (Wildman–Crippen MR) is 111 cm³/mol. The number of benzene rings is 2. The van der Waals surface area contributed by atoms with Crippen molar-refractivity contribution < 1.29 is 23.0 Å². The number of nitrogens with zero attached hydrogens (tertiary/aromatic N) is 2. The highest BCUT2D eigenvalue weighted by Gasteiger charge is 2.26. The second-order valence-corrected chi connectivity index (χ2v) is 8.16. The number of esters is 1. The van der Waals surface area contributed by atoms with E-state index < -0.39 is 18.6 Å². The van der Waals surface area contributed by atoms with Gasteiger partial charge < -0.3 is 9.47 Å². The summed E-state index contributed by atoms with van der Waals surface area (Å²) in [5.41, 5.74) is 1.15. The number of aromatic nitrogens is 2. The third-order valence-electron chi connectivity index (χ3n) is 5.02. The summed E-state index contributed by atoms with van der Waals surface area (Å²) in [6.45, 7) is -0.458. The van der Waals surface area contributed by atoms with E-state index in [1.807, 2.05) is 12.1 Å². The molecular weight excluding hydrogens is 410 g/mol. The molecule has 1 aliphatic rings. The van der Waals surface area contributed by atoms with Crippen molar-refractivity contribution in [2.24, 2.45) is 0 Å². The van der Waals surface area contributed by atoms with Crippen molar-refractivity contribution in [1.82, 2.24) is 9.55 Å². The summed E-state index contributed by atoms with van der Waals surface area (Å²) in [6.07, 6.45) is 1.32. The highest BCUT2D eigenvalue weighted by Crippen LogP contribution is 2.31. The first-order chi connectivity index (χ1) is 14.5. The highest BCUT2D eigenvalue weighted by molar-refractivity contribution is 7.99. The van der Waals surface area contributed by atoms with Gasteiger partial charge in [-0.2, -0.15) is 8.78 Å². The SMILES string of the molecule is C[C@@H](OC(=O)c1ccccc1SC[C@@H]1CCCO1)c1nc2ccccc2n1C(F)F. The molecule has 1 aliphatic heterocycles. The number of carbonyl (C=O) groups excluding carboxylic acids is 1. The first-order valence-electron chi connectivity index (χ1n) is 9.84. The average molecular weight is 432 g/mol. The molecule has 0 aliphatic carbocycles. The largest absolute Gasteiger partial charge is 0.451 e. The maximum atomic E-state index is 13.7. The number of alkyl halides is 2. The number of thioether (sulfide) groups is 1. The lowest BCUT2D eigenvalue weighted by Gasteiger charge is -2.16. The first-order valence-corrected chi connectivity index (χ1v) is 10.8. The van der Waals surface area contributed by atoms with Crippen LogP contribution in [0.5, 0.6) is 0 Å².